The van der Waals surface area contributed by atoms with E-state index in [1.54, 1.807) is 12.1 Å². The molecular formula is C11H13N3O2S. The van der Waals surface area contributed by atoms with E-state index in [4.69, 9.17) is 5.73 Å². The van der Waals surface area contributed by atoms with Gasteiger partial charge >= 0.3 is 0 Å². The van der Waals surface area contributed by atoms with Crippen LogP contribution in [-0.2, 0) is 4.79 Å². The number of carbonyl (C=O) groups excluding carboxylic acids is 2. The molecule has 0 unspecified atom stereocenters. The summed E-state index contributed by atoms with van der Waals surface area (Å²) < 4.78 is 0. The highest BCUT2D eigenvalue weighted by Crippen LogP contribution is 2.31. The molecule has 0 saturated carbocycles. The Hall–Kier alpha value is -1.53. The largest absolute Gasteiger partial charge is 0.351 e. The molecule has 1 aliphatic heterocycles. The number of amides is 2. The summed E-state index contributed by atoms with van der Waals surface area (Å²) in [6.45, 7) is 0.848. The first kappa shape index (κ1) is 11.9. The molecule has 17 heavy (non-hydrogen) atoms. The Bertz CT molecular complexity index is 462. The minimum absolute atomic E-state index is 0.0398. The maximum absolute atomic E-state index is 11.7. The van der Waals surface area contributed by atoms with Crippen LogP contribution in [-0.4, -0.2) is 30.7 Å². The van der Waals surface area contributed by atoms with E-state index in [9.17, 15) is 9.59 Å². The maximum Gasteiger partial charge on any atom is 0.251 e. The van der Waals surface area contributed by atoms with Gasteiger partial charge in [0.05, 0.1) is 11.4 Å². The van der Waals surface area contributed by atoms with Crippen molar-refractivity contribution < 1.29 is 9.59 Å². The standard InChI is InChI=1S/C11H13N3O2S/c12-3-4-13-11(16)7-1-2-9-8(5-7)14-10(15)6-17-9/h1-2,5H,3-4,6,12H2,(H,13,16)(H,14,15). The number of nitrogens with two attached hydrogens (primary N) is 1. The summed E-state index contributed by atoms with van der Waals surface area (Å²) in [5, 5.41) is 5.43. The van der Waals surface area contributed by atoms with Gasteiger partial charge in [0, 0.05) is 23.5 Å². The molecule has 0 fully saturated rings. The first-order valence-electron chi connectivity index (χ1n) is 5.25. The van der Waals surface area contributed by atoms with Crippen molar-refractivity contribution in [3.63, 3.8) is 0 Å². The van der Waals surface area contributed by atoms with Crippen molar-refractivity contribution in [2.24, 2.45) is 5.73 Å². The molecule has 4 N–H and O–H groups in total. The van der Waals surface area contributed by atoms with Gasteiger partial charge in [-0.05, 0) is 18.2 Å². The number of rotatable bonds is 3. The van der Waals surface area contributed by atoms with E-state index < -0.39 is 0 Å². The third kappa shape index (κ3) is 2.78. The molecule has 0 aliphatic carbocycles. The van der Waals surface area contributed by atoms with Crippen molar-refractivity contribution in [2.45, 2.75) is 4.90 Å². The Balaban J connectivity index is 2.18. The number of anilines is 1. The molecule has 2 rings (SSSR count). The second-order valence-electron chi connectivity index (χ2n) is 3.59. The van der Waals surface area contributed by atoms with E-state index in [2.05, 4.69) is 10.6 Å². The van der Waals surface area contributed by atoms with Crippen molar-refractivity contribution in [3.8, 4) is 0 Å². The van der Waals surface area contributed by atoms with Crippen molar-refractivity contribution in [1.29, 1.82) is 0 Å². The Kier molecular flexibility index (Phi) is 3.65. The number of fused-ring (bicyclic) bond motifs is 1. The highest BCUT2D eigenvalue weighted by atomic mass is 32.2. The van der Waals surface area contributed by atoms with E-state index in [0.717, 1.165) is 4.90 Å². The van der Waals surface area contributed by atoms with Crippen LogP contribution in [0.3, 0.4) is 0 Å². The lowest BCUT2D eigenvalue weighted by Crippen LogP contribution is -2.29. The molecule has 1 heterocycles. The second-order valence-corrected chi connectivity index (χ2v) is 4.61. The normalized spacial score (nSPS) is 13.8. The number of thioether (sulfide) groups is 1. The van der Waals surface area contributed by atoms with Crippen LogP contribution in [0.2, 0.25) is 0 Å². The first-order chi connectivity index (χ1) is 8.20. The Morgan fingerprint density at radius 1 is 1.53 bits per heavy atom. The molecule has 1 aromatic rings. The monoisotopic (exact) mass is 251 g/mol. The molecular weight excluding hydrogens is 238 g/mol. The average Bonchev–Trinajstić information content (AvgIpc) is 2.35. The van der Waals surface area contributed by atoms with Crippen molar-refractivity contribution in [1.82, 2.24) is 5.32 Å². The Morgan fingerprint density at radius 2 is 2.35 bits per heavy atom. The zero-order valence-corrected chi connectivity index (χ0v) is 9.97. The van der Waals surface area contributed by atoms with Gasteiger partial charge in [0.2, 0.25) is 5.91 Å². The van der Waals surface area contributed by atoms with Crippen LogP contribution in [0.15, 0.2) is 23.1 Å². The lowest BCUT2D eigenvalue weighted by atomic mass is 10.2. The number of carbonyl (C=O) groups is 2. The molecule has 0 saturated heterocycles. The molecule has 90 valence electrons. The van der Waals surface area contributed by atoms with Gasteiger partial charge in [0.15, 0.2) is 0 Å². The number of nitrogens with one attached hydrogen (secondary N) is 2. The van der Waals surface area contributed by atoms with Gasteiger partial charge in [-0.25, -0.2) is 0 Å². The molecule has 5 nitrogen and oxygen atoms in total. The molecule has 1 aliphatic rings. The fourth-order valence-electron chi connectivity index (χ4n) is 1.51. The summed E-state index contributed by atoms with van der Waals surface area (Å²) >= 11 is 1.47. The van der Waals surface area contributed by atoms with Gasteiger partial charge < -0.3 is 16.4 Å². The van der Waals surface area contributed by atoms with Crippen LogP contribution >= 0.6 is 11.8 Å². The molecule has 2 amide bonds. The molecule has 0 atom stereocenters. The van der Waals surface area contributed by atoms with Gasteiger partial charge in [-0.1, -0.05) is 0 Å². The lowest BCUT2D eigenvalue weighted by Gasteiger charge is -2.16. The molecule has 6 heteroatoms. The summed E-state index contributed by atoms with van der Waals surface area (Å²) in [4.78, 5) is 23.9. The Morgan fingerprint density at radius 3 is 3.12 bits per heavy atom. The molecule has 0 aromatic heterocycles. The summed E-state index contributed by atoms with van der Waals surface area (Å²) in [5.74, 6) is 0.205. The molecule has 0 radical (unpaired) electrons. The highest BCUT2D eigenvalue weighted by Gasteiger charge is 2.16. The zero-order chi connectivity index (χ0) is 12.3. The van der Waals surface area contributed by atoms with E-state index >= 15 is 0 Å². The topological polar surface area (TPSA) is 84.2 Å². The second kappa shape index (κ2) is 5.20. The van der Waals surface area contributed by atoms with Crippen LogP contribution in [0.25, 0.3) is 0 Å². The first-order valence-corrected chi connectivity index (χ1v) is 6.24. The summed E-state index contributed by atoms with van der Waals surface area (Å²) in [7, 11) is 0. The lowest BCUT2D eigenvalue weighted by molar-refractivity contribution is -0.113. The summed E-state index contributed by atoms with van der Waals surface area (Å²) in [6.07, 6.45) is 0. The predicted octanol–water partition coefficient (Wildman–Crippen LogP) is 0.419. The van der Waals surface area contributed by atoms with Gasteiger partial charge in [-0.3, -0.25) is 9.59 Å². The number of hydrogen-bond donors (Lipinski definition) is 3. The van der Waals surface area contributed by atoms with E-state index in [0.29, 0.717) is 30.1 Å². The maximum atomic E-state index is 11.7. The van der Waals surface area contributed by atoms with Crippen LogP contribution in [0.5, 0.6) is 0 Å². The Labute approximate surface area is 103 Å². The van der Waals surface area contributed by atoms with E-state index in [1.165, 1.54) is 11.8 Å². The van der Waals surface area contributed by atoms with Crippen LogP contribution in [0.4, 0.5) is 5.69 Å². The van der Waals surface area contributed by atoms with Crippen LogP contribution in [0.1, 0.15) is 10.4 Å². The average molecular weight is 251 g/mol. The van der Waals surface area contributed by atoms with Crippen molar-refractivity contribution >= 4 is 29.3 Å². The minimum Gasteiger partial charge on any atom is -0.351 e. The van der Waals surface area contributed by atoms with E-state index in [-0.39, 0.29) is 11.8 Å². The van der Waals surface area contributed by atoms with Gasteiger partial charge in [-0.2, -0.15) is 0 Å². The fourth-order valence-corrected chi connectivity index (χ4v) is 2.30. The summed E-state index contributed by atoms with van der Waals surface area (Å²) in [5.41, 5.74) is 6.54. The van der Waals surface area contributed by atoms with E-state index in [1.807, 2.05) is 6.07 Å². The zero-order valence-electron chi connectivity index (χ0n) is 9.16. The molecule has 0 bridgehead atoms. The predicted molar refractivity (Wildman–Crippen MR) is 67.2 cm³/mol. The number of benzene rings is 1. The van der Waals surface area contributed by atoms with Gasteiger partial charge in [-0.15, -0.1) is 11.8 Å². The highest BCUT2D eigenvalue weighted by molar-refractivity contribution is 8.00. The third-order valence-corrected chi connectivity index (χ3v) is 3.38. The molecule has 0 spiro atoms. The van der Waals surface area contributed by atoms with Gasteiger partial charge in [0.25, 0.3) is 5.91 Å². The fraction of sp³-hybridized carbons (Fsp3) is 0.273. The SMILES string of the molecule is NCCNC(=O)c1ccc2c(c1)NC(=O)CS2. The van der Waals surface area contributed by atoms with Crippen LogP contribution in [0, 0.1) is 0 Å². The van der Waals surface area contributed by atoms with Crippen molar-refractivity contribution in [2.75, 3.05) is 24.2 Å². The third-order valence-electron chi connectivity index (χ3n) is 2.30. The quantitative estimate of drug-likeness (QED) is 0.727. The number of hydrogen-bond acceptors (Lipinski definition) is 4. The summed E-state index contributed by atoms with van der Waals surface area (Å²) in [6, 6.07) is 5.28. The van der Waals surface area contributed by atoms with Gasteiger partial charge in [0.1, 0.15) is 0 Å². The minimum atomic E-state index is -0.178. The smallest absolute Gasteiger partial charge is 0.251 e. The molecule has 1 aromatic carbocycles. The van der Waals surface area contributed by atoms with Crippen molar-refractivity contribution in [3.05, 3.63) is 23.8 Å². The van der Waals surface area contributed by atoms with Crippen LogP contribution < -0.4 is 16.4 Å².